The molecule has 2 aliphatic heterocycles. The van der Waals surface area contributed by atoms with Crippen LogP contribution in [0.1, 0.15) is 0 Å². The molecule has 2 saturated heterocycles. The van der Waals surface area contributed by atoms with Gasteiger partial charge in [0.05, 0.1) is 23.2 Å². The summed E-state index contributed by atoms with van der Waals surface area (Å²) in [5, 5.41) is -0.169. The molecular formula is C13H11ClF2N2O3S2. The largest absolute Gasteiger partial charge is 0.313 e. The van der Waals surface area contributed by atoms with Gasteiger partial charge in [-0.1, -0.05) is 11.8 Å². The smallest absolute Gasteiger partial charge is 0.262 e. The van der Waals surface area contributed by atoms with Crippen LogP contribution in [0, 0.1) is 11.6 Å². The Morgan fingerprint density at radius 1 is 1.39 bits per heavy atom. The molecule has 2 atom stereocenters. The van der Waals surface area contributed by atoms with Crippen molar-refractivity contribution >= 4 is 50.0 Å². The number of amidine groups is 1. The number of fused-ring (bicyclic) bond motifs is 1. The fraction of sp³-hybridized carbons (Fsp3) is 0.385. The molecular weight excluding hydrogens is 370 g/mol. The van der Waals surface area contributed by atoms with E-state index in [1.54, 1.807) is 0 Å². The molecule has 2 heterocycles. The Labute approximate surface area is 140 Å². The third-order valence-electron chi connectivity index (χ3n) is 3.57. The number of aliphatic imine (C=N–C) groups is 1. The summed E-state index contributed by atoms with van der Waals surface area (Å²) in [5.41, 5.74) is -0.00961. The average molecular weight is 381 g/mol. The molecule has 3 rings (SSSR count). The fourth-order valence-corrected chi connectivity index (χ4v) is 6.64. The number of alkyl halides is 1. The maximum atomic E-state index is 14.1. The number of halogens is 3. The van der Waals surface area contributed by atoms with Crippen molar-refractivity contribution < 1.29 is 22.0 Å². The predicted octanol–water partition coefficient (Wildman–Crippen LogP) is 1.81. The number of carbonyl (C=O) groups excluding carboxylic acids is 1. The summed E-state index contributed by atoms with van der Waals surface area (Å²) in [6.45, 7) is 0. The lowest BCUT2D eigenvalue weighted by molar-refractivity contribution is -0.115. The van der Waals surface area contributed by atoms with Crippen molar-refractivity contribution in [2.75, 3.05) is 22.3 Å². The summed E-state index contributed by atoms with van der Waals surface area (Å²) in [6, 6.07) is 2.43. The zero-order valence-electron chi connectivity index (χ0n) is 11.6. The van der Waals surface area contributed by atoms with Crippen LogP contribution in [0.3, 0.4) is 0 Å². The van der Waals surface area contributed by atoms with Crippen molar-refractivity contribution in [2.24, 2.45) is 4.99 Å². The molecule has 0 bridgehead atoms. The maximum Gasteiger partial charge on any atom is 0.262 e. The third-order valence-corrected chi connectivity index (χ3v) is 7.01. The van der Waals surface area contributed by atoms with E-state index in [0.29, 0.717) is 6.07 Å². The van der Waals surface area contributed by atoms with Crippen LogP contribution in [0.15, 0.2) is 23.2 Å². The van der Waals surface area contributed by atoms with Crippen molar-refractivity contribution in [3.05, 3.63) is 29.8 Å². The summed E-state index contributed by atoms with van der Waals surface area (Å²) in [6.07, 6.45) is 0. The standard InChI is InChI=1S/C13H11ClF2N2O3S2/c14-4-12(19)17-13-18(9-2-1-7(15)3-8(9)16)10-5-23(20,21)6-11(10)22-13/h1-3,10-11H,4-6H2. The number of hydrogen-bond donors (Lipinski definition) is 0. The molecule has 0 aliphatic carbocycles. The van der Waals surface area contributed by atoms with Gasteiger partial charge < -0.3 is 4.90 Å². The molecule has 23 heavy (non-hydrogen) atoms. The van der Waals surface area contributed by atoms with Gasteiger partial charge in [-0.15, -0.1) is 11.6 Å². The van der Waals surface area contributed by atoms with Gasteiger partial charge in [0.15, 0.2) is 15.0 Å². The minimum Gasteiger partial charge on any atom is -0.313 e. The molecule has 2 aliphatic rings. The van der Waals surface area contributed by atoms with Gasteiger partial charge in [-0.3, -0.25) is 4.79 Å². The number of carbonyl (C=O) groups is 1. The second kappa shape index (κ2) is 6.03. The van der Waals surface area contributed by atoms with Crippen molar-refractivity contribution in [1.29, 1.82) is 0 Å². The van der Waals surface area contributed by atoms with E-state index >= 15 is 0 Å². The number of rotatable bonds is 2. The highest BCUT2D eigenvalue weighted by molar-refractivity contribution is 8.16. The van der Waals surface area contributed by atoms with Gasteiger partial charge in [0.1, 0.15) is 17.5 Å². The number of nitrogens with zero attached hydrogens (tertiary/aromatic N) is 2. The molecule has 0 aromatic heterocycles. The normalized spacial score (nSPS) is 27.4. The van der Waals surface area contributed by atoms with Gasteiger partial charge in [0.2, 0.25) is 0 Å². The molecule has 2 fully saturated rings. The Hall–Kier alpha value is -1.19. The van der Waals surface area contributed by atoms with Crippen LogP contribution in [-0.4, -0.2) is 48.2 Å². The molecule has 1 amide bonds. The molecule has 2 unspecified atom stereocenters. The van der Waals surface area contributed by atoms with Gasteiger partial charge in [0, 0.05) is 11.3 Å². The Balaban J connectivity index is 2.06. The monoisotopic (exact) mass is 380 g/mol. The molecule has 0 N–H and O–H groups in total. The lowest BCUT2D eigenvalue weighted by Gasteiger charge is -2.24. The molecule has 0 saturated carbocycles. The van der Waals surface area contributed by atoms with E-state index in [4.69, 9.17) is 11.6 Å². The van der Waals surface area contributed by atoms with Crippen LogP contribution < -0.4 is 4.90 Å². The Morgan fingerprint density at radius 3 is 2.78 bits per heavy atom. The van der Waals surface area contributed by atoms with E-state index in [0.717, 1.165) is 17.8 Å². The van der Waals surface area contributed by atoms with E-state index in [1.807, 2.05) is 0 Å². The lowest BCUT2D eigenvalue weighted by atomic mass is 10.2. The lowest BCUT2D eigenvalue weighted by Crippen LogP contribution is -2.38. The summed E-state index contributed by atoms with van der Waals surface area (Å²) < 4.78 is 50.9. The highest BCUT2D eigenvalue weighted by Crippen LogP contribution is 2.41. The highest BCUT2D eigenvalue weighted by atomic mass is 35.5. The molecule has 1 aromatic rings. The summed E-state index contributed by atoms with van der Waals surface area (Å²) in [4.78, 5) is 16.7. The Bertz CT molecular complexity index is 800. The zero-order chi connectivity index (χ0) is 16.8. The first-order valence-electron chi connectivity index (χ1n) is 6.59. The first-order chi connectivity index (χ1) is 10.8. The summed E-state index contributed by atoms with van der Waals surface area (Å²) in [5.74, 6) is -2.78. The molecule has 5 nitrogen and oxygen atoms in total. The van der Waals surface area contributed by atoms with Crippen LogP contribution in [0.4, 0.5) is 14.5 Å². The van der Waals surface area contributed by atoms with E-state index in [2.05, 4.69) is 4.99 Å². The third kappa shape index (κ3) is 3.22. The van der Waals surface area contributed by atoms with Gasteiger partial charge in [-0.05, 0) is 12.1 Å². The second-order valence-electron chi connectivity index (χ2n) is 5.19. The highest BCUT2D eigenvalue weighted by Gasteiger charge is 2.49. The van der Waals surface area contributed by atoms with Crippen molar-refractivity contribution in [2.45, 2.75) is 11.3 Å². The number of anilines is 1. The summed E-state index contributed by atoms with van der Waals surface area (Å²) in [7, 11) is -3.25. The second-order valence-corrected chi connectivity index (χ2v) is 8.82. The first-order valence-corrected chi connectivity index (χ1v) is 9.83. The quantitative estimate of drug-likeness (QED) is 0.732. The van der Waals surface area contributed by atoms with Crippen LogP contribution >= 0.6 is 23.4 Å². The topological polar surface area (TPSA) is 66.8 Å². The SMILES string of the molecule is O=C(CCl)N=C1SC2CS(=O)(=O)CC2N1c1ccc(F)cc1F. The Morgan fingerprint density at radius 2 is 2.13 bits per heavy atom. The number of sulfone groups is 1. The fourth-order valence-electron chi connectivity index (χ4n) is 2.66. The van der Waals surface area contributed by atoms with Gasteiger partial charge in [0.25, 0.3) is 5.91 Å². The minimum atomic E-state index is -3.25. The molecule has 1 aromatic carbocycles. The van der Waals surface area contributed by atoms with E-state index < -0.39 is 33.4 Å². The number of amides is 1. The van der Waals surface area contributed by atoms with Crippen molar-refractivity contribution in [3.63, 3.8) is 0 Å². The van der Waals surface area contributed by atoms with Crippen LogP contribution in [0.2, 0.25) is 0 Å². The minimum absolute atomic E-state index is 0.00961. The van der Waals surface area contributed by atoms with E-state index in [-0.39, 0.29) is 33.5 Å². The zero-order valence-corrected chi connectivity index (χ0v) is 14.0. The number of benzene rings is 1. The molecule has 10 heteroatoms. The summed E-state index contributed by atoms with van der Waals surface area (Å²) >= 11 is 6.54. The molecule has 0 radical (unpaired) electrons. The number of thioether (sulfide) groups is 1. The van der Waals surface area contributed by atoms with Gasteiger partial charge >= 0.3 is 0 Å². The van der Waals surface area contributed by atoms with Crippen molar-refractivity contribution in [3.8, 4) is 0 Å². The van der Waals surface area contributed by atoms with E-state index in [9.17, 15) is 22.0 Å². The average Bonchev–Trinajstić information content (AvgIpc) is 2.91. The van der Waals surface area contributed by atoms with Crippen LogP contribution in [0.25, 0.3) is 0 Å². The van der Waals surface area contributed by atoms with Crippen LogP contribution in [-0.2, 0) is 14.6 Å². The predicted molar refractivity (Wildman–Crippen MR) is 85.8 cm³/mol. The van der Waals surface area contributed by atoms with E-state index in [1.165, 1.54) is 11.0 Å². The maximum absolute atomic E-state index is 14.1. The Kier molecular flexibility index (Phi) is 4.37. The molecule has 0 spiro atoms. The molecule has 124 valence electrons. The first kappa shape index (κ1) is 16.7. The van der Waals surface area contributed by atoms with Crippen molar-refractivity contribution in [1.82, 2.24) is 0 Å². The van der Waals surface area contributed by atoms with Gasteiger partial charge in [-0.25, -0.2) is 17.2 Å². The number of hydrogen-bond acceptors (Lipinski definition) is 4. The van der Waals surface area contributed by atoms with Crippen LogP contribution in [0.5, 0.6) is 0 Å². The van der Waals surface area contributed by atoms with Gasteiger partial charge in [-0.2, -0.15) is 4.99 Å².